The van der Waals surface area contributed by atoms with Gasteiger partial charge >= 0.3 is 11.8 Å². The van der Waals surface area contributed by atoms with E-state index in [0.717, 1.165) is 16.9 Å². The average Bonchev–Trinajstić information content (AvgIpc) is 2.83. The molecule has 1 saturated heterocycles. The summed E-state index contributed by atoms with van der Waals surface area (Å²) in [5.41, 5.74) is 1.94. The molecule has 0 spiro atoms. The number of hydrogen-bond donors (Lipinski definition) is 2. The van der Waals surface area contributed by atoms with Crippen LogP contribution in [0.25, 0.3) is 0 Å². The first kappa shape index (κ1) is 24.7. The predicted octanol–water partition coefficient (Wildman–Crippen LogP) is 1.22. The molecule has 33 heavy (non-hydrogen) atoms. The maximum Gasteiger partial charge on any atom is 0.309 e. The van der Waals surface area contributed by atoms with Crippen molar-refractivity contribution in [1.29, 1.82) is 0 Å². The Balaban J connectivity index is 1.51. The lowest BCUT2D eigenvalue weighted by Crippen LogP contribution is -2.53. The van der Waals surface area contributed by atoms with Gasteiger partial charge in [0.25, 0.3) is 0 Å². The van der Waals surface area contributed by atoms with Crippen LogP contribution in [0.2, 0.25) is 0 Å². The lowest BCUT2D eigenvalue weighted by molar-refractivity contribution is -0.140. The fourth-order valence-electron chi connectivity index (χ4n) is 3.40. The topological polar surface area (TPSA) is 114 Å². The van der Waals surface area contributed by atoms with Crippen molar-refractivity contribution in [3.05, 3.63) is 59.7 Å². The number of sulfonamides is 1. The molecule has 2 amide bonds. The quantitative estimate of drug-likeness (QED) is 0.555. The monoisotopic (exact) mass is 475 g/mol. The van der Waals surface area contributed by atoms with Gasteiger partial charge in [-0.1, -0.05) is 29.8 Å². The molecule has 10 heteroatoms. The molecule has 1 unspecified atom stereocenters. The lowest BCUT2D eigenvalue weighted by atomic mass is 10.1. The van der Waals surface area contributed by atoms with Crippen LogP contribution in [0, 0.1) is 6.92 Å². The Hall–Kier alpha value is -2.95. The van der Waals surface area contributed by atoms with Crippen LogP contribution in [-0.4, -0.2) is 64.1 Å². The Kier molecular flexibility index (Phi) is 8.43. The van der Waals surface area contributed by atoms with Crippen LogP contribution in [-0.2, 0) is 30.8 Å². The van der Waals surface area contributed by atoms with E-state index in [1.807, 2.05) is 31.2 Å². The molecule has 0 bridgehead atoms. The highest BCUT2D eigenvalue weighted by atomic mass is 32.2. The smallest absolute Gasteiger partial charge is 0.309 e. The Labute approximate surface area is 194 Å². The van der Waals surface area contributed by atoms with Gasteiger partial charge in [-0.3, -0.25) is 9.59 Å². The molecule has 2 aromatic rings. The second-order valence-electron chi connectivity index (χ2n) is 7.67. The Bertz CT molecular complexity index is 1050. The first-order valence-electron chi connectivity index (χ1n) is 10.7. The van der Waals surface area contributed by atoms with Crippen molar-refractivity contribution in [2.75, 3.05) is 33.4 Å². The minimum Gasteiger partial charge on any atom is -0.497 e. The zero-order valence-corrected chi connectivity index (χ0v) is 19.6. The number of ether oxygens (including phenoxy) is 2. The molecule has 178 valence electrons. The van der Waals surface area contributed by atoms with Gasteiger partial charge in [0.1, 0.15) is 12.0 Å². The van der Waals surface area contributed by atoms with E-state index < -0.39 is 28.1 Å². The molecule has 2 aromatic carbocycles. The van der Waals surface area contributed by atoms with Gasteiger partial charge in [-0.15, -0.1) is 0 Å². The third kappa shape index (κ3) is 6.53. The molecular weight excluding hydrogens is 446 g/mol. The van der Waals surface area contributed by atoms with E-state index in [9.17, 15) is 18.0 Å². The van der Waals surface area contributed by atoms with Crippen LogP contribution in [0.15, 0.2) is 53.4 Å². The van der Waals surface area contributed by atoms with Gasteiger partial charge in [-0.2, -0.15) is 4.31 Å². The molecule has 0 radical (unpaired) electrons. The zero-order valence-electron chi connectivity index (χ0n) is 18.7. The van der Waals surface area contributed by atoms with Crippen LogP contribution in [0.3, 0.4) is 0 Å². The number of nitrogens with zero attached hydrogens (tertiary/aromatic N) is 1. The molecule has 3 rings (SSSR count). The van der Waals surface area contributed by atoms with Gasteiger partial charge < -0.3 is 20.1 Å². The largest absolute Gasteiger partial charge is 0.497 e. The predicted molar refractivity (Wildman–Crippen MR) is 122 cm³/mol. The molecule has 0 aliphatic carbocycles. The molecule has 1 aliphatic heterocycles. The van der Waals surface area contributed by atoms with Crippen molar-refractivity contribution < 1.29 is 27.5 Å². The van der Waals surface area contributed by atoms with Crippen LogP contribution in [0.4, 0.5) is 0 Å². The normalized spacial score (nSPS) is 16.7. The number of hydrogen-bond acceptors (Lipinski definition) is 6. The van der Waals surface area contributed by atoms with Crippen molar-refractivity contribution in [2.24, 2.45) is 0 Å². The minimum absolute atomic E-state index is 0.129. The van der Waals surface area contributed by atoms with E-state index in [2.05, 4.69) is 10.6 Å². The summed E-state index contributed by atoms with van der Waals surface area (Å²) >= 11 is 0. The van der Waals surface area contributed by atoms with E-state index in [4.69, 9.17) is 9.47 Å². The fraction of sp³-hybridized carbons (Fsp3) is 0.391. The zero-order chi connectivity index (χ0) is 23.8. The summed E-state index contributed by atoms with van der Waals surface area (Å²) in [6.07, 6.45) is 0.208. The third-order valence-corrected chi connectivity index (χ3v) is 7.19. The van der Waals surface area contributed by atoms with Gasteiger partial charge in [0, 0.05) is 13.1 Å². The van der Waals surface area contributed by atoms with Crippen molar-refractivity contribution in [3.63, 3.8) is 0 Å². The highest BCUT2D eigenvalue weighted by molar-refractivity contribution is 7.89. The second kappa shape index (κ2) is 11.3. The maximum atomic E-state index is 13.0. The van der Waals surface area contributed by atoms with Crippen LogP contribution >= 0.6 is 0 Å². The lowest BCUT2D eigenvalue weighted by Gasteiger charge is -2.34. The summed E-state index contributed by atoms with van der Waals surface area (Å²) in [6, 6.07) is 14.0. The van der Waals surface area contributed by atoms with Gasteiger partial charge in [-0.25, -0.2) is 8.42 Å². The Morgan fingerprint density at radius 1 is 1.06 bits per heavy atom. The van der Waals surface area contributed by atoms with E-state index in [-0.39, 0.29) is 24.5 Å². The number of aryl methyl sites for hydroxylation is 1. The summed E-state index contributed by atoms with van der Waals surface area (Å²) in [5, 5.41) is 5.04. The number of nitrogens with one attached hydrogen (secondary N) is 2. The summed E-state index contributed by atoms with van der Waals surface area (Å²) in [4.78, 5) is 24.5. The number of methoxy groups -OCH3 is 1. The van der Waals surface area contributed by atoms with E-state index in [1.165, 1.54) is 4.31 Å². The highest BCUT2D eigenvalue weighted by Crippen LogP contribution is 2.22. The first-order chi connectivity index (χ1) is 15.8. The van der Waals surface area contributed by atoms with Gasteiger partial charge in [0.15, 0.2) is 0 Å². The number of rotatable bonds is 8. The van der Waals surface area contributed by atoms with Crippen molar-refractivity contribution in [1.82, 2.24) is 14.9 Å². The van der Waals surface area contributed by atoms with Gasteiger partial charge in [0.2, 0.25) is 10.0 Å². The molecule has 2 N–H and O–H groups in total. The van der Waals surface area contributed by atoms with Crippen LogP contribution in [0.1, 0.15) is 17.5 Å². The van der Waals surface area contributed by atoms with E-state index in [0.29, 0.717) is 19.4 Å². The molecule has 1 heterocycles. The van der Waals surface area contributed by atoms with E-state index in [1.54, 1.807) is 31.4 Å². The summed E-state index contributed by atoms with van der Waals surface area (Å²) in [5.74, 6) is -0.885. The standard InChI is InChI=1S/C23H29N3O6S/c1-17-4-10-20(11-5-17)33(29,30)26-14-3-15-32-21(26)16-25-23(28)22(27)24-13-12-18-6-8-19(31-2)9-7-18/h4-11,21H,3,12-16H2,1-2H3,(H,24,27)(H,25,28). The molecule has 0 saturated carbocycles. The Morgan fingerprint density at radius 2 is 1.73 bits per heavy atom. The van der Waals surface area contributed by atoms with Crippen LogP contribution < -0.4 is 15.4 Å². The highest BCUT2D eigenvalue weighted by Gasteiger charge is 2.34. The van der Waals surface area contributed by atoms with Crippen LogP contribution in [0.5, 0.6) is 5.75 Å². The molecule has 9 nitrogen and oxygen atoms in total. The number of benzene rings is 2. The SMILES string of the molecule is COc1ccc(CCNC(=O)C(=O)NCC2OCCCN2S(=O)(=O)c2ccc(C)cc2)cc1. The molecule has 1 fully saturated rings. The summed E-state index contributed by atoms with van der Waals surface area (Å²) in [7, 11) is -2.21. The minimum atomic E-state index is -3.80. The maximum absolute atomic E-state index is 13.0. The molecule has 0 aromatic heterocycles. The average molecular weight is 476 g/mol. The van der Waals surface area contributed by atoms with Crippen molar-refractivity contribution in [3.8, 4) is 5.75 Å². The molecular formula is C23H29N3O6S. The summed E-state index contributed by atoms with van der Waals surface area (Å²) in [6.45, 7) is 2.67. The second-order valence-corrected chi connectivity index (χ2v) is 9.56. The third-order valence-electron chi connectivity index (χ3n) is 5.28. The molecule has 1 aliphatic rings. The fourth-order valence-corrected chi connectivity index (χ4v) is 4.97. The first-order valence-corrected chi connectivity index (χ1v) is 12.1. The number of carbonyl (C=O) groups excluding carboxylic acids is 2. The van der Waals surface area contributed by atoms with Crippen molar-refractivity contribution in [2.45, 2.75) is 30.9 Å². The number of carbonyl (C=O) groups is 2. The summed E-state index contributed by atoms with van der Waals surface area (Å²) < 4.78 is 38.0. The molecule has 1 atom stereocenters. The van der Waals surface area contributed by atoms with Gasteiger partial charge in [-0.05, 0) is 49.6 Å². The van der Waals surface area contributed by atoms with Crippen molar-refractivity contribution >= 4 is 21.8 Å². The number of amides is 2. The van der Waals surface area contributed by atoms with Gasteiger partial charge in [0.05, 0.1) is 25.2 Å². The van der Waals surface area contributed by atoms with E-state index >= 15 is 0 Å². The Morgan fingerprint density at radius 3 is 2.39 bits per heavy atom.